The molecule has 0 saturated heterocycles. The molecule has 0 aliphatic carbocycles. The smallest absolute Gasteiger partial charge is 0.307 e. The van der Waals surface area contributed by atoms with Crippen LogP contribution in [0.25, 0.3) is 0 Å². The second-order valence-electron chi connectivity index (χ2n) is 3.26. The van der Waals surface area contributed by atoms with Crippen molar-refractivity contribution in [2.75, 3.05) is 5.73 Å². The number of carbonyl (C=O) groups excluding carboxylic acids is 1. The number of aliphatic carboxylic acids is 1. The Hall–Kier alpha value is -1.84. The van der Waals surface area contributed by atoms with E-state index in [0.29, 0.717) is 23.2 Å². The molecule has 0 aliphatic heterocycles. The Labute approximate surface area is 87.7 Å². The summed E-state index contributed by atoms with van der Waals surface area (Å²) in [6.07, 6.45) is 0.192. The summed E-state index contributed by atoms with van der Waals surface area (Å²) in [6, 6.07) is 4.72. The molecule has 0 atom stereocenters. The van der Waals surface area contributed by atoms with Crippen molar-refractivity contribution >= 4 is 17.4 Å². The Bertz CT molecular complexity index is 399. The lowest BCUT2D eigenvalue weighted by atomic mass is 9.99. The van der Waals surface area contributed by atoms with E-state index in [2.05, 4.69) is 0 Å². The Kier molecular flexibility index (Phi) is 3.44. The van der Waals surface area contributed by atoms with Gasteiger partial charge in [-0.15, -0.1) is 0 Å². The van der Waals surface area contributed by atoms with Crippen LogP contribution in [0.15, 0.2) is 18.2 Å². The minimum atomic E-state index is -0.954. The van der Waals surface area contributed by atoms with E-state index < -0.39 is 5.97 Å². The van der Waals surface area contributed by atoms with Gasteiger partial charge in [0.05, 0.1) is 6.42 Å². The minimum Gasteiger partial charge on any atom is -0.481 e. The van der Waals surface area contributed by atoms with Crippen molar-refractivity contribution in [2.24, 2.45) is 0 Å². The summed E-state index contributed by atoms with van der Waals surface area (Å²) in [5, 5.41) is 8.67. The molecule has 4 heteroatoms. The third kappa shape index (κ3) is 2.80. The zero-order valence-corrected chi connectivity index (χ0v) is 8.49. The number of nitrogen functional groups attached to an aromatic ring is 1. The molecule has 4 nitrogen and oxygen atoms in total. The quantitative estimate of drug-likeness (QED) is 0.579. The fourth-order valence-corrected chi connectivity index (χ4v) is 1.36. The normalized spacial score (nSPS) is 9.93. The van der Waals surface area contributed by atoms with Gasteiger partial charge in [0.2, 0.25) is 0 Å². The highest BCUT2D eigenvalue weighted by Gasteiger charge is 2.12. The van der Waals surface area contributed by atoms with Crippen molar-refractivity contribution in [3.05, 3.63) is 29.3 Å². The van der Waals surface area contributed by atoms with E-state index in [-0.39, 0.29) is 12.2 Å². The third-order valence-electron chi connectivity index (χ3n) is 2.10. The highest BCUT2D eigenvalue weighted by Crippen LogP contribution is 2.16. The lowest BCUT2D eigenvalue weighted by Gasteiger charge is -2.06. The van der Waals surface area contributed by atoms with Crippen molar-refractivity contribution < 1.29 is 14.7 Å². The molecule has 0 unspecified atom stereocenters. The number of Topliss-reactive ketones (excluding diaryl/α,β-unsaturated/α-hetero) is 1. The van der Waals surface area contributed by atoms with Gasteiger partial charge in [-0.3, -0.25) is 9.59 Å². The molecule has 0 aliphatic rings. The second-order valence-corrected chi connectivity index (χ2v) is 3.26. The van der Waals surface area contributed by atoms with Gasteiger partial charge in [0, 0.05) is 17.7 Å². The second kappa shape index (κ2) is 4.59. The number of carboxylic acid groups (broad SMARTS) is 1. The third-order valence-corrected chi connectivity index (χ3v) is 2.10. The van der Waals surface area contributed by atoms with E-state index >= 15 is 0 Å². The van der Waals surface area contributed by atoms with Gasteiger partial charge >= 0.3 is 5.97 Å². The van der Waals surface area contributed by atoms with Crippen molar-refractivity contribution in [1.82, 2.24) is 0 Å². The molecule has 80 valence electrons. The summed E-state index contributed by atoms with van der Waals surface area (Å²) in [5.74, 6) is -1.04. The first kappa shape index (κ1) is 11.2. The number of hydrogen-bond acceptors (Lipinski definition) is 3. The van der Waals surface area contributed by atoms with Crippen LogP contribution < -0.4 is 5.73 Å². The average Bonchev–Trinajstić information content (AvgIpc) is 2.19. The van der Waals surface area contributed by atoms with Crippen LogP contribution in [0.1, 0.15) is 29.3 Å². The van der Waals surface area contributed by atoms with E-state index in [4.69, 9.17) is 10.8 Å². The number of rotatable bonds is 4. The fourth-order valence-electron chi connectivity index (χ4n) is 1.36. The van der Waals surface area contributed by atoms with E-state index in [1.807, 2.05) is 0 Å². The zero-order valence-electron chi connectivity index (χ0n) is 8.49. The van der Waals surface area contributed by atoms with Gasteiger partial charge in [-0.25, -0.2) is 0 Å². The first-order chi connectivity index (χ1) is 7.04. The van der Waals surface area contributed by atoms with Crippen LogP contribution in [0, 0.1) is 0 Å². The van der Waals surface area contributed by atoms with Crippen LogP contribution in [0.5, 0.6) is 0 Å². The monoisotopic (exact) mass is 207 g/mol. The molecule has 1 rings (SSSR count). The van der Waals surface area contributed by atoms with Crippen LogP contribution in [0.2, 0.25) is 0 Å². The standard InChI is InChI=1S/C11H13NO3/c1-2-10(13)9-6-8(12)4-3-7(9)5-11(14)15/h3-4,6H,2,5,12H2,1H3,(H,14,15). The molecule has 1 aromatic carbocycles. The number of benzene rings is 1. The van der Waals surface area contributed by atoms with E-state index in [1.54, 1.807) is 19.1 Å². The van der Waals surface area contributed by atoms with Gasteiger partial charge in [-0.05, 0) is 17.7 Å². The maximum atomic E-state index is 11.5. The Morgan fingerprint density at radius 1 is 1.40 bits per heavy atom. The number of anilines is 1. The van der Waals surface area contributed by atoms with Gasteiger partial charge in [-0.2, -0.15) is 0 Å². The number of ketones is 1. The predicted molar refractivity (Wildman–Crippen MR) is 56.8 cm³/mol. The van der Waals surface area contributed by atoms with Gasteiger partial charge in [0.15, 0.2) is 5.78 Å². The lowest BCUT2D eigenvalue weighted by molar-refractivity contribution is -0.136. The maximum absolute atomic E-state index is 11.5. The Morgan fingerprint density at radius 2 is 2.07 bits per heavy atom. The summed E-state index contributed by atoms with van der Waals surface area (Å²) in [5.41, 5.74) is 6.96. The first-order valence-corrected chi connectivity index (χ1v) is 4.68. The fraction of sp³-hybridized carbons (Fsp3) is 0.273. The average molecular weight is 207 g/mol. The van der Waals surface area contributed by atoms with E-state index in [9.17, 15) is 9.59 Å². The van der Waals surface area contributed by atoms with Crippen LogP contribution in [0.3, 0.4) is 0 Å². The van der Waals surface area contributed by atoms with E-state index in [0.717, 1.165) is 0 Å². The van der Waals surface area contributed by atoms with E-state index in [1.165, 1.54) is 6.07 Å². The Morgan fingerprint density at radius 3 is 2.60 bits per heavy atom. The molecule has 0 aromatic heterocycles. The highest BCUT2D eigenvalue weighted by molar-refractivity contribution is 5.98. The summed E-state index contributed by atoms with van der Waals surface area (Å²) >= 11 is 0. The van der Waals surface area contributed by atoms with Crippen LogP contribution in [-0.4, -0.2) is 16.9 Å². The van der Waals surface area contributed by atoms with Crippen LogP contribution in [0.4, 0.5) is 5.69 Å². The summed E-state index contributed by atoms with van der Waals surface area (Å²) in [4.78, 5) is 22.1. The maximum Gasteiger partial charge on any atom is 0.307 e. The largest absolute Gasteiger partial charge is 0.481 e. The van der Waals surface area contributed by atoms with Gasteiger partial charge in [-0.1, -0.05) is 13.0 Å². The van der Waals surface area contributed by atoms with Gasteiger partial charge in [0.1, 0.15) is 0 Å². The molecule has 0 spiro atoms. The number of carboxylic acids is 1. The number of carbonyl (C=O) groups is 2. The molecule has 1 aromatic rings. The molecule has 0 radical (unpaired) electrons. The van der Waals surface area contributed by atoms with Crippen LogP contribution in [-0.2, 0) is 11.2 Å². The summed E-state index contributed by atoms with van der Waals surface area (Å²) in [7, 11) is 0. The van der Waals surface area contributed by atoms with Gasteiger partial charge in [0.25, 0.3) is 0 Å². The van der Waals surface area contributed by atoms with Crippen molar-refractivity contribution in [3.63, 3.8) is 0 Å². The summed E-state index contributed by atoms with van der Waals surface area (Å²) < 4.78 is 0. The van der Waals surface area contributed by atoms with Crippen LogP contribution >= 0.6 is 0 Å². The molecule has 0 saturated carbocycles. The molecule has 0 bridgehead atoms. The lowest BCUT2D eigenvalue weighted by Crippen LogP contribution is -2.08. The molecule has 0 amide bonds. The predicted octanol–water partition coefficient (Wildman–Crippen LogP) is 1.49. The molecular formula is C11H13NO3. The van der Waals surface area contributed by atoms with Crippen molar-refractivity contribution in [2.45, 2.75) is 19.8 Å². The number of hydrogen-bond donors (Lipinski definition) is 2. The zero-order chi connectivity index (χ0) is 11.4. The topological polar surface area (TPSA) is 80.4 Å². The first-order valence-electron chi connectivity index (χ1n) is 4.68. The SMILES string of the molecule is CCC(=O)c1cc(N)ccc1CC(=O)O. The molecular weight excluding hydrogens is 194 g/mol. The number of nitrogens with two attached hydrogens (primary N) is 1. The molecule has 15 heavy (non-hydrogen) atoms. The highest BCUT2D eigenvalue weighted by atomic mass is 16.4. The molecule has 0 fully saturated rings. The van der Waals surface area contributed by atoms with Crippen molar-refractivity contribution in [3.8, 4) is 0 Å². The van der Waals surface area contributed by atoms with Crippen molar-refractivity contribution in [1.29, 1.82) is 0 Å². The minimum absolute atomic E-state index is 0.0847. The van der Waals surface area contributed by atoms with Gasteiger partial charge < -0.3 is 10.8 Å². The summed E-state index contributed by atoms with van der Waals surface area (Å²) in [6.45, 7) is 1.73. The molecule has 3 N–H and O–H groups in total. The Balaban J connectivity index is 3.14. The molecule has 0 heterocycles.